The molecule has 1 aliphatic heterocycles. The van der Waals surface area contributed by atoms with Gasteiger partial charge in [-0.2, -0.15) is 5.26 Å². The molecule has 5 heteroatoms. The maximum atomic E-state index is 10.4. The van der Waals surface area contributed by atoms with E-state index >= 15 is 0 Å². The van der Waals surface area contributed by atoms with Crippen LogP contribution in [0.5, 0.6) is 5.75 Å². The second-order valence-electron chi connectivity index (χ2n) is 17.6. The summed E-state index contributed by atoms with van der Waals surface area (Å²) in [6.07, 6.45) is 0. The van der Waals surface area contributed by atoms with Crippen LogP contribution in [0.1, 0.15) is 74.9 Å². The first-order valence-corrected chi connectivity index (χ1v) is 20.5. The van der Waals surface area contributed by atoms with Crippen molar-refractivity contribution in [2.45, 2.75) is 58.0 Å². The van der Waals surface area contributed by atoms with E-state index in [2.05, 4.69) is 193 Å². The van der Waals surface area contributed by atoms with E-state index in [1.807, 2.05) is 24.3 Å². The van der Waals surface area contributed by atoms with Crippen LogP contribution in [0.3, 0.4) is 0 Å². The summed E-state index contributed by atoms with van der Waals surface area (Å²) in [6, 6.07) is 60.9. The summed E-state index contributed by atoms with van der Waals surface area (Å²) >= 11 is 0. The van der Waals surface area contributed by atoms with E-state index in [-0.39, 0.29) is 10.8 Å². The highest BCUT2D eigenvalue weighted by atomic mass is 16.5. The third kappa shape index (κ3) is 7.05. The molecule has 2 heterocycles. The first kappa shape index (κ1) is 38.4. The van der Waals surface area contributed by atoms with Crippen LogP contribution in [-0.4, -0.2) is 15.0 Å². The highest BCUT2D eigenvalue weighted by Gasteiger charge is 2.44. The molecule has 1 aliphatic rings. The summed E-state index contributed by atoms with van der Waals surface area (Å²) in [5.74, 6) is 2.38. The van der Waals surface area contributed by atoms with E-state index in [1.54, 1.807) is 0 Å². The quantitative estimate of drug-likeness (QED) is 0.168. The van der Waals surface area contributed by atoms with Crippen molar-refractivity contribution in [1.29, 1.82) is 5.26 Å². The van der Waals surface area contributed by atoms with E-state index in [0.29, 0.717) is 23.0 Å². The highest BCUT2D eigenvalue weighted by molar-refractivity contribution is 5.83. The first-order valence-electron chi connectivity index (χ1n) is 20.5. The average Bonchev–Trinajstić information content (AvgIpc) is 3.28. The van der Waals surface area contributed by atoms with Gasteiger partial charge in [-0.1, -0.05) is 187 Å². The van der Waals surface area contributed by atoms with Crippen molar-refractivity contribution in [3.63, 3.8) is 0 Å². The second-order valence-corrected chi connectivity index (χ2v) is 17.6. The Balaban J connectivity index is 1.19. The molecule has 8 aromatic rings. The summed E-state index contributed by atoms with van der Waals surface area (Å²) in [6.45, 7) is 13.2. The number of nitriles is 1. The van der Waals surface area contributed by atoms with Crippen molar-refractivity contribution in [2.24, 2.45) is 0 Å². The summed E-state index contributed by atoms with van der Waals surface area (Å²) in [5, 5.41) is 10.4. The maximum Gasteiger partial charge on any atom is 0.185 e. The minimum Gasteiger partial charge on any atom is -0.472 e. The van der Waals surface area contributed by atoms with Gasteiger partial charge in [-0.3, -0.25) is 0 Å². The van der Waals surface area contributed by atoms with Gasteiger partial charge in [0.25, 0.3) is 0 Å². The van der Waals surface area contributed by atoms with Gasteiger partial charge in [0.05, 0.1) is 11.6 Å². The molecule has 9 rings (SSSR count). The number of rotatable bonds is 6. The number of fused-ring (bicyclic) bond motifs is 3. The van der Waals surface area contributed by atoms with E-state index in [4.69, 9.17) is 19.7 Å². The molecule has 0 aliphatic carbocycles. The summed E-state index contributed by atoms with van der Waals surface area (Å²) in [5.41, 5.74) is 11.6. The Hall–Kier alpha value is -7.16. The van der Waals surface area contributed by atoms with Gasteiger partial charge in [-0.15, -0.1) is 0 Å². The molecule has 0 atom stereocenters. The molecular formula is C55H46N4O. The fraction of sp³-hybridized carbons (Fsp3) is 0.164. The third-order valence-electron chi connectivity index (χ3n) is 11.5. The minimum atomic E-state index is -0.891. The molecule has 0 amide bonds. The van der Waals surface area contributed by atoms with Crippen LogP contribution in [-0.2, 0) is 16.4 Å². The molecule has 7 aromatic carbocycles. The lowest BCUT2D eigenvalue weighted by Gasteiger charge is -2.41. The van der Waals surface area contributed by atoms with Crippen LogP contribution >= 0.6 is 0 Å². The van der Waals surface area contributed by atoms with Crippen LogP contribution in [0.15, 0.2) is 170 Å². The smallest absolute Gasteiger partial charge is 0.185 e. The topological polar surface area (TPSA) is 71.7 Å². The molecule has 0 saturated carbocycles. The number of hydrogen-bond donors (Lipinski definition) is 0. The molecule has 0 bridgehead atoms. The zero-order chi connectivity index (χ0) is 41.6. The van der Waals surface area contributed by atoms with Gasteiger partial charge in [-0.25, -0.2) is 15.0 Å². The molecule has 0 radical (unpaired) electrons. The summed E-state index contributed by atoms with van der Waals surface area (Å²) < 4.78 is 7.34. The van der Waals surface area contributed by atoms with Gasteiger partial charge in [-0.05, 0) is 62.9 Å². The minimum absolute atomic E-state index is 0.00653. The maximum absolute atomic E-state index is 10.4. The highest BCUT2D eigenvalue weighted by Crippen LogP contribution is 2.52. The Kier molecular flexibility index (Phi) is 9.52. The van der Waals surface area contributed by atoms with Crippen molar-refractivity contribution in [1.82, 2.24) is 15.0 Å². The van der Waals surface area contributed by atoms with Gasteiger partial charge in [0, 0.05) is 38.9 Å². The van der Waals surface area contributed by atoms with Crippen LogP contribution in [0.2, 0.25) is 0 Å². The van der Waals surface area contributed by atoms with E-state index in [9.17, 15) is 5.26 Å². The molecule has 60 heavy (non-hydrogen) atoms. The predicted molar refractivity (Wildman–Crippen MR) is 243 cm³/mol. The third-order valence-corrected chi connectivity index (χ3v) is 11.5. The molecule has 292 valence electrons. The second kappa shape index (κ2) is 14.9. The normalized spacial score (nSPS) is 13.1. The molecule has 0 unspecified atom stereocenters. The van der Waals surface area contributed by atoms with Gasteiger partial charge in [0.2, 0.25) is 0 Å². The van der Waals surface area contributed by atoms with Crippen LogP contribution < -0.4 is 4.74 Å². The van der Waals surface area contributed by atoms with E-state index in [1.165, 1.54) is 11.1 Å². The largest absolute Gasteiger partial charge is 0.472 e. The number of nitrogens with zero attached hydrogens (tertiary/aromatic N) is 4. The molecule has 0 N–H and O–H groups in total. The zero-order valence-corrected chi connectivity index (χ0v) is 34.9. The number of benzene rings is 7. The van der Waals surface area contributed by atoms with Crippen LogP contribution in [0.4, 0.5) is 0 Å². The molecule has 5 nitrogen and oxygen atoms in total. The fourth-order valence-corrected chi connectivity index (χ4v) is 8.18. The molecule has 0 fully saturated rings. The monoisotopic (exact) mass is 778 g/mol. The SMILES string of the molecule is CC(C)(C)c1ccc(-c2nc(-c3ccc(C(C)(C)C)cc3)nc(-c3cc(C#N)cc(-c4ccc5c(c4)OC(c4ccccc4)(c4ccccc4)c4ccccc4-5)c3)n2)cc1. The van der Waals surface area contributed by atoms with Gasteiger partial charge < -0.3 is 4.74 Å². The Bertz CT molecular complexity index is 2780. The van der Waals surface area contributed by atoms with Crippen molar-refractivity contribution in [3.8, 4) is 68.2 Å². The van der Waals surface area contributed by atoms with Crippen molar-refractivity contribution in [2.75, 3.05) is 0 Å². The Morgan fingerprint density at radius 2 is 0.917 bits per heavy atom. The number of aromatic nitrogens is 3. The molecule has 0 spiro atoms. The average molecular weight is 779 g/mol. The predicted octanol–water partition coefficient (Wildman–Crippen LogP) is 13.4. The summed E-state index contributed by atoms with van der Waals surface area (Å²) in [7, 11) is 0. The van der Waals surface area contributed by atoms with Gasteiger partial charge in [0.15, 0.2) is 23.1 Å². The van der Waals surface area contributed by atoms with Crippen molar-refractivity contribution >= 4 is 0 Å². The van der Waals surface area contributed by atoms with E-state index in [0.717, 1.165) is 61.4 Å². The lowest BCUT2D eigenvalue weighted by Crippen LogP contribution is -2.38. The van der Waals surface area contributed by atoms with Crippen molar-refractivity contribution in [3.05, 3.63) is 203 Å². The van der Waals surface area contributed by atoms with E-state index < -0.39 is 5.60 Å². The van der Waals surface area contributed by atoms with Crippen molar-refractivity contribution < 1.29 is 4.74 Å². The lowest BCUT2D eigenvalue weighted by atomic mass is 9.75. The lowest BCUT2D eigenvalue weighted by molar-refractivity contribution is 0.152. The molecular weight excluding hydrogens is 733 g/mol. The Morgan fingerprint density at radius 1 is 0.450 bits per heavy atom. The zero-order valence-electron chi connectivity index (χ0n) is 34.9. The Morgan fingerprint density at radius 3 is 1.43 bits per heavy atom. The number of hydrogen-bond acceptors (Lipinski definition) is 5. The first-order chi connectivity index (χ1) is 28.9. The van der Waals surface area contributed by atoms with Gasteiger partial charge in [0.1, 0.15) is 5.75 Å². The standard InChI is InChI=1S/C55H46N4O/c1-53(2,3)42-26-21-37(22-27-42)50-57-51(38-23-28-43(29-24-38)54(4,5)6)59-52(58-50)41-32-36(35-56)31-40(33-41)39-25-30-47-46-19-13-14-20-48(46)55(60-49(47)34-39,44-15-9-7-10-16-44)45-17-11-8-12-18-45/h7-34H,1-6H3. The van der Waals surface area contributed by atoms with Crippen LogP contribution in [0.25, 0.3) is 56.4 Å². The fourth-order valence-electron chi connectivity index (χ4n) is 8.18. The molecule has 0 saturated heterocycles. The summed E-state index contributed by atoms with van der Waals surface area (Å²) in [4.78, 5) is 15.2. The molecule has 1 aromatic heterocycles. The van der Waals surface area contributed by atoms with Crippen LogP contribution in [0, 0.1) is 11.3 Å². The Labute approximate surface area is 353 Å². The number of ether oxygens (including phenoxy) is 1. The van der Waals surface area contributed by atoms with Gasteiger partial charge >= 0.3 is 0 Å².